The largest absolute Gasteiger partial charge is 0.312 e. The predicted molar refractivity (Wildman–Crippen MR) is 75.7 cm³/mol. The molecule has 0 aliphatic rings. The Morgan fingerprint density at radius 1 is 1.18 bits per heavy atom. The molecule has 0 amide bonds. The average molecular weight is 232 g/mol. The van der Waals surface area contributed by atoms with Crippen molar-refractivity contribution in [3.8, 4) is 0 Å². The van der Waals surface area contributed by atoms with Crippen molar-refractivity contribution >= 4 is 0 Å². The van der Waals surface area contributed by atoms with Crippen molar-refractivity contribution in [3.63, 3.8) is 0 Å². The maximum absolute atomic E-state index is 3.57. The first-order valence-electron chi connectivity index (χ1n) is 6.56. The summed E-state index contributed by atoms with van der Waals surface area (Å²) >= 11 is 0. The van der Waals surface area contributed by atoms with Crippen LogP contribution in [0.3, 0.4) is 0 Å². The fourth-order valence-corrected chi connectivity index (χ4v) is 2.01. The lowest BCUT2D eigenvalue weighted by Gasteiger charge is -2.30. The summed E-state index contributed by atoms with van der Waals surface area (Å²) in [6.07, 6.45) is 3.46. The molecule has 1 atom stereocenters. The van der Waals surface area contributed by atoms with E-state index in [2.05, 4.69) is 69.8 Å². The summed E-state index contributed by atoms with van der Waals surface area (Å²) in [6.45, 7) is 11.2. The van der Waals surface area contributed by atoms with Crippen LogP contribution in [0.4, 0.5) is 0 Å². The zero-order valence-corrected chi connectivity index (χ0v) is 11.7. The Hall–Kier alpha value is -0.820. The van der Waals surface area contributed by atoms with Crippen LogP contribution < -0.4 is 5.32 Å². The standard InChI is InChI=1S/C16H26N/c1-5-9-15(16(2,3)4)13-17-12-14-10-7-6-8-11-14/h5-8,10-11,15,17H,9,12-13H2,1-4H3. The smallest absolute Gasteiger partial charge is 0.0205 e. The molecule has 0 fully saturated rings. The zero-order valence-electron chi connectivity index (χ0n) is 11.7. The molecule has 0 heterocycles. The van der Waals surface area contributed by atoms with E-state index in [4.69, 9.17) is 0 Å². The monoisotopic (exact) mass is 232 g/mol. The number of rotatable bonds is 6. The molecule has 0 aliphatic heterocycles. The Kier molecular flexibility index (Phi) is 5.70. The van der Waals surface area contributed by atoms with Crippen LogP contribution >= 0.6 is 0 Å². The summed E-state index contributed by atoms with van der Waals surface area (Å²) in [6, 6.07) is 10.6. The summed E-state index contributed by atoms with van der Waals surface area (Å²) in [5, 5.41) is 3.57. The van der Waals surface area contributed by atoms with Crippen LogP contribution in [-0.4, -0.2) is 6.54 Å². The van der Waals surface area contributed by atoms with Crippen molar-refractivity contribution in [2.24, 2.45) is 11.3 Å². The minimum Gasteiger partial charge on any atom is -0.312 e. The molecule has 0 saturated heterocycles. The second kappa shape index (κ2) is 6.80. The van der Waals surface area contributed by atoms with Crippen LogP contribution in [0.2, 0.25) is 0 Å². The maximum Gasteiger partial charge on any atom is 0.0205 e. The average Bonchev–Trinajstić information content (AvgIpc) is 2.28. The molecule has 0 aromatic heterocycles. The van der Waals surface area contributed by atoms with E-state index in [0.29, 0.717) is 11.3 Å². The van der Waals surface area contributed by atoms with Crippen molar-refractivity contribution < 1.29 is 0 Å². The maximum atomic E-state index is 3.57. The van der Waals surface area contributed by atoms with Crippen molar-refractivity contribution in [1.82, 2.24) is 5.32 Å². The molecule has 1 aromatic rings. The van der Waals surface area contributed by atoms with Gasteiger partial charge in [0.15, 0.2) is 0 Å². The molecule has 1 heteroatoms. The van der Waals surface area contributed by atoms with Gasteiger partial charge in [-0.1, -0.05) is 58.0 Å². The van der Waals surface area contributed by atoms with Crippen molar-refractivity contribution in [1.29, 1.82) is 0 Å². The number of hydrogen-bond acceptors (Lipinski definition) is 1. The molecule has 95 valence electrons. The van der Waals surface area contributed by atoms with E-state index < -0.39 is 0 Å². The van der Waals surface area contributed by atoms with Crippen molar-refractivity contribution in [2.75, 3.05) is 6.54 Å². The number of hydrogen-bond donors (Lipinski definition) is 1. The lowest BCUT2D eigenvalue weighted by molar-refractivity contribution is 0.229. The van der Waals surface area contributed by atoms with Gasteiger partial charge in [-0.2, -0.15) is 0 Å². The first-order valence-corrected chi connectivity index (χ1v) is 6.56. The van der Waals surface area contributed by atoms with E-state index >= 15 is 0 Å². The lowest BCUT2D eigenvalue weighted by atomic mass is 9.78. The van der Waals surface area contributed by atoms with E-state index in [9.17, 15) is 0 Å². The summed E-state index contributed by atoms with van der Waals surface area (Å²) < 4.78 is 0. The highest BCUT2D eigenvalue weighted by Gasteiger charge is 2.23. The molecule has 1 unspecified atom stereocenters. The van der Waals surface area contributed by atoms with Gasteiger partial charge in [-0.25, -0.2) is 0 Å². The normalized spacial score (nSPS) is 13.6. The molecule has 17 heavy (non-hydrogen) atoms. The predicted octanol–water partition coefficient (Wildman–Crippen LogP) is 4.05. The van der Waals surface area contributed by atoms with E-state index in [1.165, 1.54) is 12.0 Å². The molecule has 1 rings (SSSR count). The second-order valence-electron chi connectivity index (χ2n) is 5.82. The Morgan fingerprint density at radius 3 is 2.35 bits per heavy atom. The van der Waals surface area contributed by atoms with Crippen LogP contribution in [0.5, 0.6) is 0 Å². The highest BCUT2D eigenvalue weighted by molar-refractivity contribution is 5.14. The molecular formula is C16H26N. The fraction of sp³-hybridized carbons (Fsp3) is 0.562. The molecule has 0 aliphatic carbocycles. The van der Waals surface area contributed by atoms with Gasteiger partial charge in [0.25, 0.3) is 0 Å². The molecular weight excluding hydrogens is 206 g/mol. The van der Waals surface area contributed by atoms with Gasteiger partial charge >= 0.3 is 0 Å². The van der Waals surface area contributed by atoms with E-state index in [0.717, 1.165) is 13.1 Å². The topological polar surface area (TPSA) is 12.0 Å². The third-order valence-electron chi connectivity index (χ3n) is 3.31. The Morgan fingerprint density at radius 2 is 1.82 bits per heavy atom. The van der Waals surface area contributed by atoms with E-state index in [1.807, 2.05) is 0 Å². The zero-order chi connectivity index (χ0) is 12.7. The van der Waals surface area contributed by atoms with Gasteiger partial charge in [0, 0.05) is 6.54 Å². The van der Waals surface area contributed by atoms with Gasteiger partial charge < -0.3 is 5.32 Å². The minimum absolute atomic E-state index is 0.371. The van der Waals surface area contributed by atoms with Crippen LogP contribution in [0.25, 0.3) is 0 Å². The quantitative estimate of drug-likeness (QED) is 0.780. The molecule has 0 spiro atoms. The first-order chi connectivity index (χ1) is 8.04. The van der Waals surface area contributed by atoms with Crippen LogP contribution in [0, 0.1) is 17.8 Å². The molecule has 0 bridgehead atoms. The molecule has 1 nitrogen and oxygen atoms in total. The molecule has 1 radical (unpaired) electrons. The lowest BCUT2D eigenvalue weighted by Crippen LogP contribution is -2.31. The van der Waals surface area contributed by atoms with Crippen LogP contribution in [0.1, 0.15) is 39.7 Å². The summed E-state index contributed by atoms with van der Waals surface area (Å²) in [7, 11) is 0. The first kappa shape index (κ1) is 14.2. The summed E-state index contributed by atoms with van der Waals surface area (Å²) in [5.74, 6) is 0.705. The number of benzene rings is 1. The van der Waals surface area contributed by atoms with Gasteiger partial charge in [0.05, 0.1) is 0 Å². The SMILES string of the molecule is C[CH]CC(CNCc1ccccc1)C(C)(C)C. The van der Waals surface area contributed by atoms with Gasteiger partial charge in [0.2, 0.25) is 0 Å². The van der Waals surface area contributed by atoms with Gasteiger partial charge in [0.1, 0.15) is 0 Å². The third kappa shape index (κ3) is 5.36. The molecule has 0 saturated carbocycles. The third-order valence-corrected chi connectivity index (χ3v) is 3.31. The Labute approximate surface area is 107 Å². The van der Waals surface area contributed by atoms with Crippen LogP contribution in [-0.2, 0) is 6.54 Å². The van der Waals surface area contributed by atoms with E-state index in [-0.39, 0.29) is 0 Å². The highest BCUT2D eigenvalue weighted by atomic mass is 14.9. The molecule has 1 N–H and O–H groups in total. The van der Waals surface area contributed by atoms with Gasteiger partial charge in [-0.3, -0.25) is 0 Å². The van der Waals surface area contributed by atoms with Gasteiger partial charge in [-0.05, 0) is 36.3 Å². The Balaban J connectivity index is 2.37. The second-order valence-corrected chi connectivity index (χ2v) is 5.82. The highest BCUT2D eigenvalue weighted by Crippen LogP contribution is 2.28. The van der Waals surface area contributed by atoms with E-state index in [1.54, 1.807) is 0 Å². The van der Waals surface area contributed by atoms with Crippen molar-refractivity contribution in [3.05, 3.63) is 42.3 Å². The fourth-order valence-electron chi connectivity index (χ4n) is 2.01. The minimum atomic E-state index is 0.371. The summed E-state index contributed by atoms with van der Waals surface area (Å²) in [5.41, 5.74) is 1.73. The molecule has 1 aromatic carbocycles. The van der Waals surface area contributed by atoms with Crippen molar-refractivity contribution in [2.45, 2.75) is 40.7 Å². The Bertz CT molecular complexity index is 297. The van der Waals surface area contributed by atoms with Gasteiger partial charge in [-0.15, -0.1) is 0 Å². The summed E-state index contributed by atoms with van der Waals surface area (Å²) in [4.78, 5) is 0. The number of nitrogens with one attached hydrogen (secondary N) is 1. The van der Waals surface area contributed by atoms with Crippen LogP contribution in [0.15, 0.2) is 30.3 Å².